The maximum Gasteiger partial charge on any atom is 0.0923 e. The van der Waals surface area contributed by atoms with Crippen LogP contribution in [0.15, 0.2) is 24.4 Å². The molecule has 1 aliphatic rings. The van der Waals surface area contributed by atoms with Gasteiger partial charge in [0.1, 0.15) is 0 Å². The van der Waals surface area contributed by atoms with Gasteiger partial charge < -0.3 is 5.11 Å². The number of fused-ring (bicyclic) bond motifs is 1. The third-order valence-corrected chi connectivity index (χ3v) is 3.14. The fraction of sp³-hybridized carbons (Fsp3) is 0.417. The summed E-state index contributed by atoms with van der Waals surface area (Å²) in [5.74, 6) is 0. The molecule has 1 fully saturated rings. The van der Waals surface area contributed by atoms with E-state index in [-0.39, 0.29) is 6.10 Å². The van der Waals surface area contributed by atoms with E-state index in [0.29, 0.717) is 6.04 Å². The van der Waals surface area contributed by atoms with Crippen LogP contribution in [0.25, 0.3) is 10.9 Å². The number of nitrogens with zero attached hydrogens (tertiary/aromatic N) is 2. The zero-order valence-electron chi connectivity index (χ0n) is 8.72. The third kappa shape index (κ3) is 1.43. The van der Waals surface area contributed by atoms with Gasteiger partial charge in [0.05, 0.1) is 17.7 Å². The summed E-state index contributed by atoms with van der Waals surface area (Å²) >= 11 is 0. The number of hydrogen-bond acceptors (Lipinski definition) is 2. The second-order valence-corrected chi connectivity index (χ2v) is 4.45. The molecule has 1 aromatic carbocycles. The van der Waals surface area contributed by atoms with Crippen LogP contribution in [0, 0.1) is 6.92 Å². The maximum atomic E-state index is 9.26. The molecule has 0 bridgehead atoms. The van der Waals surface area contributed by atoms with Gasteiger partial charge in [0.15, 0.2) is 0 Å². The second kappa shape index (κ2) is 3.07. The molecule has 1 heterocycles. The van der Waals surface area contributed by atoms with Gasteiger partial charge in [0.25, 0.3) is 0 Å². The van der Waals surface area contributed by atoms with Crippen LogP contribution >= 0.6 is 0 Å². The minimum absolute atomic E-state index is 0.121. The summed E-state index contributed by atoms with van der Waals surface area (Å²) in [7, 11) is 0. The number of rotatable bonds is 1. The van der Waals surface area contributed by atoms with Crippen LogP contribution in [0.4, 0.5) is 0 Å². The Labute approximate surface area is 88.3 Å². The number of aryl methyl sites for hydroxylation is 1. The van der Waals surface area contributed by atoms with Gasteiger partial charge in [-0.15, -0.1) is 0 Å². The molecule has 0 amide bonds. The van der Waals surface area contributed by atoms with Crippen molar-refractivity contribution in [1.82, 2.24) is 9.78 Å². The van der Waals surface area contributed by atoms with Crippen molar-refractivity contribution >= 4 is 10.9 Å². The fourth-order valence-electron chi connectivity index (χ4n) is 2.13. The highest BCUT2D eigenvalue weighted by molar-refractivity contribution is 5.78. The van der Waals surface area contributed by atoms with Crippen LogP contribution in [0.2, 0.25) is 0 Å². The summed E-state index contributed by atoms with van der Waals surface area (Å²) in [5, 5.41) is 15.0. The fourth-order valence-corrected chi connectivity index (χ4v) is 2.13. The molecule has 1 saturated carbocycles. The van der Waals surface area contributed by atoms with E-state index in [2.05, 4.69) is 36.4 Å². The minimum atomic E-state index is -0.121. The first-order valence-corrected chi connectivity index (χ1v) is 5.36. The van der Waals surface area contributed by atoms with Gasteiger partial charge in [-0.3, -0.25) is 4.68 Å². The number of benzene rings is 1. The smallest absolute Gasteiger partial charge is 0.0923 e. The van der Waals surface area contributed by atoms with E-state index >= 15 is 0 Å². The highest BCUT2D eigenvalue weighted by Gasteiger charge is 2.29. The molecule has 0 aliphatic heterocycles. The zero-order chi connectivity index (χ0) is 10.4. The highest BCUT2D eigenvalue weighted by atomic mass is 16.3. The maximum absolute atomic E-state index is 9.26. The van der Waals surface area contributed by atoms with Crippen molar-refractivity contribution < 1.29 is 5.11 Å². The Bertz CT molecular complexity index is 497. The van der Waals surface area contributed by atoms with Crippen molar-refractivity contribution in [3.63, 3.8) is 0 Å². The largest absolute Gasteiger partial charge is 0.393 e. The molecule has 0 spiro atoms. The van der Waals surface area contributed by atoms with Crippen LogP contribution < -0.4 is 0 Å². The van der Waals surface area contributed by atoms with Crippen LogP contribution in [-0.4, -0.2) is 21.0 Å². The molecule has 3 heteroatoms. The summed E-state index contributed by atoms with van der Waals surface area (Å²) in [6, 6.07) is 6.67. The lowest BCUT2D eigenvalue weighted by molar-refractivity contribution is 0.0437. The van der Waals surface area contributed by atoms with Crippen molar-refractivity contribution in [1.29, 1.82) is 0 Å². The van der Waals surface area contributed by atoms with Crippen molar-refractivity contribution in [2.24, 2.45) is 0 Å². The van der Waals surface area contributed by atoms with Gasteiger partial charge in [-0.25, -0.2) is 0 Å². The van der Waals surface area contributed by atoms with E-state index in [1.54, 1.807) is 0 Å². The number of hydrogen-bond donors (Lipinski definition) is 1. The molecule has 0 atom stereocenters. The van der Waals surface area contributed by atoms with Gasteiger partial charge >= 0.3 is 0 Å². The lowest BCUT2D eigenvalue weighted by atomic mass is 9.90. The molecule has 2 aromatic rings. The summed E-state index contributed by atoms with van der Waals surface area (Å²) < 4.78 is 2.00. The standard InChI is InChI=1S/C12H14N2O/c1-8-2-3-12-9(4-8)7-14(13-12)10-5-11(15)6-10/h2-4,7,10-11,15H,5-6H2,1H3. The van der Waals surface area contributed by atoms with Gasteiger partial charge in [-0.2, -0.15) is 5.10 Å². The summed E-state index contributed by atoms with van der Waals surface area (Å²) in [4.78, 5) is 0. The Hall–Kier alpha value is -1.35. The van der Waals surface area contributed by atoms with Gasteiger partial charge in [-0.1, -0.05) is 11.6 Å². The van der Waals surface area contributed by atoms with Gasteiger partial charge in [-0.05, 0) is 31.9 Å². The second-order valence-electron chi connectivity index (χ2n) is 4.45. The molecule has 3 nitrogen and oxygen atoms in total. The Kier molecular flexibility index (Phi) is 1.83. The molecule has 15 heavy (non-hydrogen) atoms. The highest BCUT2D eigenvalue weighted by Crippen LogP contribution is 2.32. The Morgan fingerprint density at radius 3 is 2.93 bits per heavy atom. The predicted octanol–water partition coefficient (Wildman–Crippen LogP) is 2.04. The average Bonchev–Trinajstić information content (AvgIpc) is 2.55. The summed E-state index contributed by atoms with van der Waals surface area (Å²) in [5.41, 5.74) is 2.30. The number of aliphatic hydroxyl groups is 1. The molecule has 78 valence electrons. The first-order valence-electron chi connectivity index (χ1n) is 5.36. The van der Waals surface area contributed by atoms with Crippen LogP contribution in [-0.2, 0) is 0 Å². The Balaban J connectivity index is 1.99. The van der Waals surface area contributed by atoms with Crippen LogP contribution in [0.5, 0.6) is 0 Å². The molecule has 1 aromatic heterocycles. The average molecular weight is 202 g/mol. The van der Waals surface area contributed by atoms with Crippen molar-refractivity contribution in [2.45, 2.75) is 31.9 Å². The lowest BCUT2D eigenvalue weighted by Gasteiger charge is -2.31. The molecule has 1 aliphatic carbocycles. The van der Waals surface area contributed by atoms with E-state index in [0.717, 1.165) is 18.4 Å². The molecule has 0 unspecified atom stereocenters. The third-order valence-electron chi connectivity index (χ3n) is 3.14. The van der Waals surface area contributed by atoms with Gasteiger partial charge in [0.2, 0.25) is 0 Å². The van der Waals surface area contributed by atoms with E-state index in [1.807, 2.05) is 4.68 Å². The SMILES string of the molecule is Cc1ccc2nn(C3CC(O)C3)cc2c1. The summed E-state index contributed by atoms with van der Waals surface area (Å²) in [6.45, 7) is 2.09. The lowest BCUT2D eigenvalue weighted by Crippen LogP contribution is -2.30. The first-order chi connectivity index (χ1) is 7.22. The first kappa shape index (κ1) is 8.92. The minimum Gasteiger partial charge on any atom is -0.393 e. The normalized spacial score (nSPS) is 25.5. The molecule has 3 rings (SSSR count). The number of aromatic nitrogens is 2. The van der Waals surface area contributed by atoms with E-state index < -0.39 is 0 Å². The Morgan fingerprint density at radius 2 is 2.20 bits per heavy atom. The zero-order valence-corrected chi connectivity index (χ0v) is 8.72. The van der Waals surface area contributed by atoms with Crippen LogP contribution in [0.3, 0.4) is 0 Å². The number of aliphatic hydroxyl groups excluding tert-OH is 1. The molecule has 0 saturated heterocycles. The van der Waals surface area contributed by atoms with Crippen LogP contribution in [0.1, 0.15) is 24.4 Å². The van der Waals surface area contributed by atoms with E-state index in [1.165, 1.54) is 10.9 Å². The van der Waals surface area contributed by atoms with Crippen molar-refractivity contribution in [3.05, 3.63) is 30.0 Å². The van der Waals surface area contributed by atoms with Gasteiger partial charge in [0, 0.05) is 11.6 Å². The summed E-state index contributed by atoms with van der Waals surface area (Å²) in [6.07, 6.45) is 3.64. The van der Waals surface area contributed by atoms with Crippen molar-refractivity contribution in [2.75, 3.05) is 0 Å². The topological polar surface area (TPSA) is 38.0 Å². The van der Waals surface area contributed by atoms with E-state index in [4.69, 9.17) is 0 Å². The van der Waals surface area contributed by atoms with Crippen molar-refractivity contribution in [3.8, 4) is 0 Å². The monoisotopic (exact) mass is 202 g/mol. The molecular weight excluding hydrogens is 188 g/mol. The molecule has 1 N–H and O–H groups in total. The quantitative estimate of drug-likeness (QED) is 0.768. The predicted molar refractivity (Wildman–Crippen MR) is 58.7 cm³/mol. The van der Waals surface area contributed by atoms with E-state index in [9.17, 15) is 5.11 Å². The Morgan fingerprint density at radius 1 is 1.40 bits per heavy atom. The molecule has 0 radical (unpaired) electrons. The molecular formula is C12H14N2O.